The van der Waals surface area contributed by atoms with Gasteiger partial charge in [0.2, 0.25) is 0 Å². The summed E-state index contributed by atoms with van der Waals surface area (Å²) in [6, 6.07) is 0. The first-order valence-electron chi connectivity index (χ1n) is 39.8. The number of rotatable bonds is 74. The van der Waals surface area contributed by atoms with E-state index in [2.05, 4.69) is 137 Å². The van der Waals surface area contributed by atoms with Gasteiger partial charge in [0.25, 0.3) is 0 Å². The highest BCUT2D eigenvalue weighted by atomic mass is 31.2. The van der Waals surface area contributed by atoms with E-state index in [1.54, 1.807) is 0 Å². The van der Waals surface area contributed by atoms with Crippen LogP contribution in [0.25, 0.3) is 0 Å². The molecule has 0 aromatic carbocycles. The molecule has 0 saturated carbocycles. The maximum Gasteiger partial charge on any atom is 0.472 e. The molecule has 0 bridgehead atoms. The molecule has 0 rings (SSSR count). The number of esters is 4. The fourth-order valence-electron chi connectivity index (χ4n) is 10.3. The number of allylic oxidation sites excluding steroid dienone is 20. The van der Waals surface area contributed by atoms with E-state index in [1.165, 1.54) is 89.9 Å². The molecule has 0 spiro atoms. The Hall–Kier alpha value is -4.54. The Morgan fingerprint density at radius 1 is 0.284 bits per heavy atom. The molecule has 5 atom stereocenters. The van der Waals surface area contributed by atoms with Crippen LogP contribution in [0.5, 0.6) is 0 Å². The van der Waals surface area contributed by atoms with E-state index in [9.17, 15) is 43.2 Å². The van der Waals surface area contributed by atoms with E-state index in [0.717, 1.165) is 148 Å². The lowest BCUT2D eigenvalue weighted by Gasteiger charge is -2.21. The summed E-state index contributed by atoms with van der Waals surface area (Å²) in [4.78, 5) is 73.0. The maximum absolute atomic E-state index is 13.1. The van der Waals surface area contributed by atoms with Gasteiger partial charge in [-0.25, -0.2) is 9.13 Å². The number of phosphoric ester groups is 2. The van der Waals surface area contributed by atoms with E-state index in [4.69, 9.17) is 37.0 Å². The predicted octanol–water partition coefficient (Wildman–Crippen LogP) is 23.1. The molecule has 0 heterocycles. The molecule has 0 saturated heterocycles. The monoisotopic (exact) mass is 1470 g/mol. The predicted molar refractivity (Wildman–Crippen MR) is 418 cm³/mol. The van der Waals surface area contributed by atoms with E-state index in [-0.39, 0.29) is 25.7 Å². The molecule has 0 radical (unpaired) electrons. The summed E-state index contributed by atoms with van der Waals surface area (Å²) in [6.07, 6.45) is 81.8. The van der Waals surface area contributed by atoms with Crippen LogP contribution in [0.1, 0.15) is 323 Å². The average molecular weight is 1470 g/mol. The molecule has 0 aliphatic heterocycles. The van der Waals surface area contributed by atoms with Crippen molar-refractivity contribution in [2.24, 2.45) is 0 Å². The van der Waals surface area contributed by atoms with Crippen LogP contribution >= 0.6 is 15.6 Å². The molecule has 0 aromatic rings. The van der Waals surface area contributed by atoms with Crippen LogP contribution in [0, 0.1) is 0 Å². The quantitative estimate of drug-likeness (QED) is 0.0128. The van der Waals surface area contributed by atoms with Crippen molar-refractivity contribution < 1.29 is 80.2 Å². The first kappa shape index (κ1) is 97.5. The zero-order valence-electron chi connectivity index (χ0n) is 64.0. The summed E-state index contributed by atoms with van der Waals surface area (Å²) in [5.74, 6) is -2.29. The van der Waals surface area contributed by atoms with Gasteiger partial charge in [0.1, 0.15) is 19.3 Å². The lowest BCUT2D eigenvalue weighted by atomic mass is 10.1. The normalized spacial score (nSPS) is 14.5. The van der Waals surface area contributed by atoms with Crippen LogP contribution in [0.2, 0.25) is 0 Å². The van der Waals surface area contributed by atoms with Crippen molar-refractivity contribution in [3.63, 3.8) is 0 Å². The first-order valence-corrected chi connectivity index (χ1v) is 42.8. The molecule has 3 N–H and O–H groups in total. The van der Waals surface area contributed by atoms with Crippen molar-refractivity contribution >= 4 is 39.5 Å². The minimum absolute atomic E-state index is 0.0647. The Kier molecular flexibility index (Phi) is 71.4. The lowest BCUT2D eigenvalue weighted by Crippen LogP contribution is -2.30. The molecule has 0 aliphatic rings. The molecule has 0 fully saturated rings. The van der Waals surface area contributed by atoms with Crippen LogP contribution in [0.15, 0.2) is 122 Å². The van der Waals surface area contributed by atoms with Crippen LogP contribution < -0.4 is 0 Å². The molecule has 17 nitrogen and oxygen atoms in total. The van der Waals surface area contributed by atoms with Crippen LogP contribution in [-0.2, 0) is 65.4 Å². The third-order valence-electron chi connectivity index (χ3n) is 16.4. The minimum atomic E-state index is -5.00. The Labute approximate surface area is 619 Å². The summed E-state index contributed by atoms with van der Waals surface area (Å²) in [5.41, 5.74) is 0. The van der Waals surface area contributed by atoms with Crippen molar-refractivity contribution in [3.05, 3.63) is 122 Å². The second-order valence-electron chi connectivity index (χ2n) is 26.3. The van der Waals surface area contributed by atoms with Gasteiger partial charge in [-0.05, 0) is 148 Å². The second-order valence-corrected chi connectivity index (χ2v) is 29.3. The van der Waals surface area contributed by atoms with Crippen molar-refractivity contribution in [1.82, 2.24) is 0 Å². The number of unbranched alkanes of at least 4 members (excludes halogenated alkanes) is 30. The molecule has 586 valence electrons. The van der Waals surface area contributed by atoms with Gasteiger partial charge in [0, 0.05) is 25.7 Å². The van der Waals surface area contributed by atoms with Gasteiger partial charge in [-0.3, -0.25) is 37.3 Å². The van der Waals surface area contributed by atoms with Crippen LogP contribution in [0.4, 0.5) is 0 Å². The van der Waals surface area contributed by atoms with Gasteiger partial charge in [-0.1, -0.05) is 271 Å². The van der Waals surface area contributed by atoms with E-state index >= 15 is 0 Å². The van der Waals surface area contributed by atoms with E-state index in [1.807, 2.05) is 12.2 Å². The second kappa shape index (κ2) is 74.7. The molecular weight excluding hydrogens is 1330 g/mol. The number of carbonyl (C=O) groups is 4. The fourth-order valence-corrected chi connectivity index (χ4v) is 11.9. The summed E-state index contributed by atoms with van der Waals surface area (Å²) in [7, 11) is -9.99. The van der Waals surface area contributed by atoms with E-state index < -0.39 is 97.5 Å². The molecule has 2 unspecified atom stereocenters. The first-order chi connectivity index (χ1) is 49.7. The number of ether oxygens (including phenoxy) is 4. The zero-order valence-corrected chi connectivity index (χ0v) is 65.8. The summed E-state index contributed by atoms with van der Waals surface area (Å²) in [5, 5.41) is 10.6. The Morgan fingerprint density at radius 3 is 0.853 bits per heavy atom. The maximum atomic E-state index is 13.1. The summed E-state index contributed by atoms with van der Waals surface area (Å²) < 4.78 is 68.5. The van der Waals surface area contributed by atoms with Crippen LogP contribution in [0.3, 0.4) is 0 Å². The number of hydrogen-bond donors (Lipinski definition) is 3. The summed E-state index contributed by atoms with van der Waals surface area (Å²) in [6.45, 7) is 4.68. The van der Waals surface area contributed by atoms with Crippen LogP contribution in [-0.4, -0.2) is 96.7 Å². The molecule has 102 heavy (non-hydrogen) atoms. The SMILES string of the molecule is CCCCC/C=C\C/C=C\C/C=C\C/C=C\CCCC(=O)OC[C@H](COP(=O)(O)OC[C@H](O)COP(=O)(O)OC[C@@H](COC(=O)CCCCCCC/C=C\C=C/CCCCCC)OC(=O)CCCCCCC/C=C\C=C/CCCCCC)OC(=O)CCCCCCC/C=C\C/C=C\CCCCC. The summed E-state index contributed by atoms with van der Waals surface area (Å²) >= 11 is 0. The van der Waals surface area contributed by atoms with Crippen molar-refractivity contribution in [1.29, 1.82) is 0 Å². The lowest BCUT2D eigenvalue weighted by molar-refractivity contribution is -0.161. The average Bonchev–Trinajstić information content (AvgIpc) is 0.923. The zero-order chi connectivity index (χ0) is 74.6. The molecule has 0 amide bonds. The Morgan fingerprint density at radius 2 is 0.520 bits per heavy atom. The highest BCUT2D eigenvalue weighted by Crippen LogP contribution is 2.45. The number of phosphoric acid groups is 2. The molecule has 0 aliphatic carbocycles. The van der Waals surface area contributed by atoms with Gasteiger partial charge < -0.3 is 33.8 Å². The van der Waals surface area contributed by atoms with Gasteiger partial charge in [0.05, 0.1) is 26.4 Å². The highest BCUT2D eigenvalue weighted by molar-refractivity contribution is 7.47. The number of carbonyl (C=O) groups excluding carboxylic acids is 4. The van der Waals surface area contributed by atoms with Crippen molar-refractivity contribution in [3.8, 4) is 0 Å². The van der Waals surface area contributed by atoms with Crippen molar-refractivity contribution in [2.75, 3.05) is 39.6 Å². The number of aliphatic hydroxyl groups excluding tert-OH is 1. The van der Waals surface area contributed by atoms with Gasteiger partial charge in [-0.2, -0.15) is 0 Å². The van der Waals surface area contributed by atoms with Gasteiger partial charge in [-0.15, -0.1) is 0 Å². The standard InChI is InChI=1S/C83H142O17P2/c1-5-9-13-17-21-25-29-33-37-38-42-44-48-52-56-60-64-68-81(86)94-74-79(100-83(88)70-66-62-58-54-50-46-41-36-32-28-24-20-16-12-8-4)76-98-102(91,92)96-72-77(84)71-95-101(89,90)97-75-78(99-82(87)69-65-61-57-53-49-45-40-35-31-27-23-19-15-11-7-3)73-93-80(85)67-63-59-55-51-47-43-39-34-30-26-22-18-14-10-6-2/h21,24-28,30-31,33-37,39-42,44,52,56,77-79,84H,5-20,22-23,29,32,38,43,45-51,53-55,57-76H2,1-4H3,(H,89,90)(H,91,92)/b25-21-,28-24-,30-26-,31-27-,37-33-,39-34-,40-35-,41-36-,44-42-,56-52-/t77-,78-,79-/m1/s1. The van der Waals surface area contributed by atoms with E-state index in [0.29, 0.717) is 32.1 Å². The third kappa shape index (κ3) is 73.8. The van der Waals surface area contributed by atoms with Gasteiger partial charge in [0.15, 0.2) is 12.2 Å². The Bertz CT molecular complexity index is 2410. The third-order valence-corrected chi connectivity index (χ3v) is 18.3. The molecule has 19 heteroatoms. The largest absolute Gasteiger partial charge is 0.472 e. The smallest absolute Gasteiger partial charge is 0.462 e. The van der Waals surface area contributed by atoms with Crippen molar-refractivity contribution in [2.45, 2.75) is 341 Å². The highest BCUT2D eigenvalue weighted by Gasteiger charge is 2.30. The number of aliphatic hydroxyl groups is 1. The molecular formula is C83H142O17P2. The Balaban J connectivity index is 5.45. The molecule has 0 aromatic heterocycles. The minimum Gasteiger partial charge on any atom is -0.462 e. The number of hydrogen-bond acceptors (Lipinski definition) is 15. The fraction of sp³-hybridized carbons (Fsp3) is 0.711. The topological polar surface area (TPSA) is 237 Å². The van der Waals surface area contributed by atoms with Gasteiger partial charge >= 0.3 is 39.5 Å².